The zero-order chi connectivity index (χ0) is 22.1. The second-order valence-corrected chi connectivity index (χ2v) is 6.56. The van der Waals surface area contributed by atoms with Crippen LogP contribution in [0.1, 0.15) is 19.4 Å². The number of nitrogens with zero attached hydrogens (tertiary/aromatic N) is 1. The molecule has 0 heterocycles. The van der Waals surface area contributed by atoms with Gasteiger partial charge in [0.15, 0.2) is 6.61 Å². The van der Waals surface area contributed by atoms with Crippen LogP contribution in [0.3, 0.4) is 0 Å². The van der Waals surface area contributed by atoms with E-state index in [-0.39, 0.29) is 30.8 Å². The van der Waals surface area contributed by atoms with Crippen LogP contribution in [-0.2, 0) is 16.1 Å². The Morgan fingerprint density at radius 1 is 1.03 bits per heavy atom. The fraction of sp³-hybridized carbons (Fsp3) is 0.364. The van der Waals surface area contributed by atoms with Crippen molar-refractivity contribution in [3.8, 4) is 17.2 Å². The molecule has 0 saturated heterocycles. The lowest BCUT2D eigenvalue weighted by Gasteiger charge is -2.28. The van der Waals surface area contributed by atoms with E-state index in [1.165, 1.54) is 31.3 Å². The third-order valence-corrected chi connectivity index (χ3v) is 4.47. The number of rotatable bonds is 10. The average molecular weight is 418 g/mol. The van der Waals surface area contributed by atoms with Crippen LogP contribution >= 0.6 is 0 Å². The molecular weight excluding hydrogens is 391 g/mol. The highest BCUT2D eigenvalue weighted by Gasteiger charge is 2.26. The molecule has 1 N–H and O–H groups in total. The predicted octanol–water partition coefficient (Wildman–Crippen LogP) is 2.78. The molecule has 0 saturated carbocycles. The van der Waals surface area contributed by atoms with E-state index in [1.54, 1.807) is 44.2 Å². The minimum absolute atomic E-state index is 0.141. The van der Waals surface area contributed by atoms with Gasteiger partial charge in [-0.3, -0.25) is 9.59 Å². The smallest absolute Gasteiger partial charge is 0.261 e. The van der Waals surface area contributed by atoms with Gasteiger partial charge in [-0.25, -0.2) is 4.39 Å². The highest BCUT2D eigenvalue weighted by Crippen LogP contribution is 2.27. The number of nitrogens with one attached hydrogen (secondary N) is 1. The van der Waals surface area contributed by atoms with Crippen molar-refractivity contribution in [1.82, 2.24) is 10.2 Å². The van der Waals surface area contributed by atoms with Crippen molar-refractivity contribution in [2.45, 2.75) is 26.4 Å². The number of carbonyl (C=O) groups excluding carboxylic acids is 2. The van der Waals surface area contributed by atoms with Gasteiger partial charge < -0.3 is 24.4 Å². The van der Waals surface area contributed by atoms with Gasteiger partial charge in [-0.15, -0.1) is 0 Å². The lowest BCUT2D eigenvalue weighted by Crippen LogP contribution is -2.49. The molecule has 0 radical (unpaired) electrons. The largest absolute Gasteiger partial charge is 0.496 e. The zero-order valence-corrected chi connectivity index (χ0v) is 17.6. The van der Waals surface area contributed by atoms with Crippen molar-refractivity contribution in [3.63, 3.8) is 0 Å². The third kappa shape index (κ3) is 6.37. The normalized spacial score (nSPS) is 11.4. The molecular formula is C22H27FN2O5. The Morgan fingerprint density at radius 3 is 2.13 bits per heavy atom. The van der Waals surface area contributed by atoms with E-state index in [4.69, 9.17) is 14.2 Å². The Morgan fingerprint density at radius 2 is 1.60 bits per heavy atom. The van der Waals surface area contributed by atoms with Gasteiger partial charge >= 0.3 is 0 Å². The first-order chi connectivity index (χ1) is 14.4. The summed E-state index contributed by atoms with van der Waals surface area (Å²) in [5.41, 5.74) is 0.698. The van der Waals surface area contributed by atoms with Crippen molar-refractivity contribution < 1.29 is 28.2 Å². The van der Waals surface area contributed by atoms with Crippen LogP contribution < -0.4 is 19.5 Å². The molecule has 7 nitrogen and oxygen atoms in total. The highest BCUT2D eigenvalue weighted by atomic mass is 19.1. The number of hydrogen-bond acceptors (Lipinski definition) is 5. The van der Waals surface area contributed by atoms with Crippen LogP contribution in [0.2, 0.25) is 0 Å². The maximum Gasteiger partial charge on any atom is 0.261 e. The van der Waals surface area contributed by atoms with Gasteiger partial charge in [0.1, 0.15) is 29.1 Å². The van der Waals surface area contributed by atoms with Gasteiger partial charge in [0, 0.05) is 31.3 Å². The highest BCUT2D eigenvalue weighted by molar-refractivity contribution is 5.87. The molecule has 0 aliphatic heterocycles. The van der Waals surface area contributed by atoms with E-state index in [9.17, 15) is 14.0 Å². The van der Waals surface area contributed by atoms with E-state index < -0.39 is 6.04 Å². The number of methoxy groups -OCH3 is 2. The number of amides is 2. The fourth-order valence-electron chi connectivity index (χ4n) is 2.78. The molecule has 0 aliphatic carbocycles. The molecule has 0 unspecified atom stereocenters. The SMILES string of the molecule is CCNC(=O)[C@@H](C)N(Cc1ccc(F)cc1)C(=O)COc1cc(OC)cc(OC)c1. The van der Waals surface area contributed by atoms with Gasteiger partial charge in [0.05, 0.1) is 14.2 Å². The van der Waals surface area contributed by atoms with E-state index in [0.717, 1.165) is 0 Å². The van der Waals surface area contributed by atoms with Gasteiger partial charge in [-0.1, -0.05) is 12.1 Å². The lowest BCUT2D eigenvalue weighted by molar-refractivity contribution is -0.142. The topological polar surface area (TPSA) is 77.1 Å². The Hall–Kier alpha value is -3.29. The van der Waals surface area contributed by atoms with E-state index in [2.05, 4.69) is 5.32 Å². The van der Waals surface area contributed by atoms with Crippen molar-refractivity contribution in [1.29, 1.82) is 0 Å². The van der Waals surface area contributed by atoms with Crippen molar-refractivity contribution in [2.75, 3.05) is 27.4 Å². The van der Waals surface area contributed by atoms with Crippen LogP contribution in [0.25, 0.3) is 0 Å². The third-order valence-electron chi connectivity index (χ3n) is 4.47. The minimum Gasteiger partial charge on any atom is -0.496 e. The standard InChI is InChI=1S/C22H27FN2O5/c1-5-24-22(27)15(2)25(13-16-6-8-17(23)9-7-16)21(26)14-30-20-11-18(28-3)10-19(12-20)29-4/h6-12,15H,5,13-14H2,1-4H3,(H,24,27)/t15-/m1/s1. The van der Waals surface area contributed by atoms with Gasteiger partial charge in [-0.05, 0) is 31.5 Å². The summed E-state index contributed by atoms with van der Waals surface area (Å²) in [7, 11) is 3.03. The number of ether oxygens (including phenoxy) is 3. The van der Waals surface area contributed by atoms with Crippen LogP contribution in [0.15, 0.2) is 42.5 Å². The van der Waals surface area contributed by atoms with Crippen LogP contribution in [0.5, 0.6) is 17.2 Å². The van der Waals surface area contributed by atoms with Crippen molar-refractivity contribution >= 4 is 11.8 Å². The predicted molar refractivity (Wildman–Crippen MR) is 110 cm³/mol. The first-order valence-electron chi connectivity index (χ1n) is 9.55. The fourth-order valence-corrected chi connectivity index (χ4v) is 2.78. The second kappa shape index (κ2) is 11.0. The second-order valence-electron chi connectivity index (χ2n) is 6.56. The molecule has 0 aromatic heterocycles. The molecule has 0 bridgehead atoms. The molecule has 2 aromatic carbocycles. The Kier molecular flexibility index (Phi) is 8.46. The number of likely N-dealkylation sites (N-methyl/N-ethyl adjacent to an activating group) is 1. The summed E-state index contributed by atoms with van der Waals surface area (Å²) in [6.45, 7) is 3.74. The zero-order valence-electron chi connectivity index (χ0n) is 17.6. The number of benzene rings is 2. The Labute approximate surface area is 175 Å². The van der Waals surface area contributed by atoms with Crippen molar-refractivity contribution in [2.24, 2.45) is 0 Å². The minimum atomic E-state index is -0.731. The first kappa shape index (κ1) is 23.0. The van der Waals surface area contributed by atoms with Crippen LogP contribution in [0, 0.1) is 5.82 Å². The summed E-state index contributed by atoms with van der Waals surface area (Å²) in [5, 5.41) is 2.71. The van der Waals surface area contributed by atoms with Gasteiger partial charge in [0.2, 0.25) is 5.91 Å². The van der Waals surface area contributed by atoms with E-state index in [0.29, 0.717) is 29.4 Å². The Bertz CT molecular complexity index is 835. The molecule has 2 rings (SSSR count). The van der Waals surface area contributed by atoms with E-state index in [1.807, 2.05) is 0 Å². The quantitative estimate of drug-likeness (QED) is 0.642. The van der Waals surface area contributed by atoms with Gasteiger partial charge in [-0.2, -0.15) is 0 Å². The van der Waals surface area contributed by atoms with Crippen LogP contribution in [0.4, 0.5) is 4.39 Å². The molecule has 0 fully saturated rings. The summed E-state index contributed by atoms with van der Waals surface area (Å²) >= 11 is 0. The number of carbonyl (C=O) groups is 2. The molecule has 30 heavy (non-hydrogen) atoms. The lowest BCUT2D eigenvalue weighted by atomic mass is 10.1. The Balaban J connectivity index is 2.17. The summed E-state index contributed by atoms with van der Waals surface area (Å²) < 4.78 is 29.3. The molecule has 0 aliphatic rings. The summed E-state index contributed by atoms with van der Waals surface area (Å²) in [4.78, 5) is 26.7. The molecule has 8 heteroatoms. The average Bonchev–Trinajstić information content (AvgIpc) is 2.76. The summed E-state index contributed by atoms with van der Waals surface area (Å²) in [5.74, 6) is 0.401. The maximum atomic E-state index is 13.2. The summed E-state index contributed by atoms with van der Waals surface area (Å²) in [6.07, 6.45) is 0. The van der Waals surface area contributed by atoms with Crippen LogP contribution in [-0.4, -0.2) is 50.1 Å². The maximum absolute atomic E-state index is 13.2. The molecule has 162 valence electrons. The molecule has 0 spiro atoms. The molecule has 2 aromatic rings. The van der Waals surface area contributed by atoms with Gasteiger partial charge in [0.25, 0.3) is 5.91 Å². The van der Waals surface area contributed by atoms with Crippen molar-refractivity contribution in [3.05, 3.63) is 53.8 Å². The number of halogens is 1. The molecule has 1 atom stereocenters. The van der Waals surface area contributed by atoms with E-state index >= 15 is 0 Å². The number of hydrogen-bond donors (Lipinski definition) is 1. The monoisotopic (exact) mass is 418 g/mol. The first-order valence-corrected chi connectivity index (χ1v) is 9.55. The summed E-state index contributed by atoms with van der Waals surface area (Å²) in [6, 6.07) is 10.0. The molecule has 2 amide bonds.